The number of hydrogen-bond acceptors (Lipinski definition) is 2. The van der Waals surface area contributed by atoms with Crippen LogP contribution in [-0.2, 0) is 4.79 Å². The maximum Gasteiger partial charge on any atom is 0.218 e. The molecule has 0 radical (unpaired) electrons. The minimum absolute atomic E-state index is 0.203. The van der Waals surface area contributed by atoms with Crippen molar-refractivity contribution in [3.05, 3.63) is 29.8 Å². The summed E-state index contributed by atoms with van der Waals surface area (Å²) in [4.78, 5) is 11.4. The summed E-state index contributed by atoms with van der Waals surface area (Å²) in [6.07, 6.45) is 6.63. The fraction of sp³-hybridized carbons (Fsp3) is 0.562. The number of primary amides is 1. The van der Waals surface area contributed by atoms with E-state index in [1.807, 2.05) is 18.2 Å². The van der Waals surface area contributed by atoms with Crippen LogP contribution in [0.15, 0.2) is 24.3 Å². The summed E-state index contributed by atoms with van der Waals surface area (Å²) in [6.45, 7) is 0. The van der Waals surface area contributed by atoms with Crippen molar-refractivity contribution in [1.82, 2.24) is 0 Å². The number of amides is 1. The summed E-state index contributed by atoms with van der Waals surface area (Å²) in [5.41, 5.74) is 6.58. The molecule has 0 aromatic heterocycles. The van der Waals surface area contributed by atoms with Crippen LogP contribution in [0.1, 0.15) is 50.0 Å². The number of benzene rings is 1. The van der Waals surface area contributed by atoms with Gasteiger partial charge in [0.1, 0.15) is 5.75 Å². The van der Waals surface area contributed by atoms with Gasteiger partial charge >= 0.3 is 0 Å². The van der Waals surface area contributed by atoms with Crippen LogP contribution in [0.25, 0.3) is 0 Å². The molecule has 1 saturated carbocycles. The Balaban J connectivity index is 2.27. The molecule has 0 saturated heterocycles. The molecule has 0 aliphatic heterocycles. The Bertz CT molecular complexity index is 425. The van der Waals surface area contributed by atoms with Crippen molar-refractivity contribution in [3.63, 3.8) is 0 Å². The zero-order chi connectivity index (χ0) is 13.7. The minimum atomic E-state index is -0.221. The Hall–Kier alpha value is -1.51. The molecule has 0 spiro atoms. The van der Waals surface area contributed by atoms with Crippen molar-refractivity contribution in [2.45, 2.75) is 44.4 Å². The van der Waals surface area contributed by atoms with E-state index in [0.29, 0.717) is 12.3 Å². The number of nitrogens with two attached hydrogens (primary N) is 1. The lowest BCUT2D eigenvalue weighted by molar-refractivity contribution is -0.118. The Morgan fingerprint density at radius 3 is 2.63 bits per heavy atom. The second-order valence-corrected chi connectivity index (χ2v) is 5.42. The lowest BCUT2D eigenvalue weighted by Crippen LogP contribution is -2.23. The first-order valence-electron chi connectivity index (χ1n) is 7.13. The maximum absolute atomic E-state index is 11.4. The number of ether oxygens (including phenoxy) is 1. The number of carbonyl (C=O) groups excluding carboxylic acids is 1. The van der Waals surface area contributed by atoms with E-state index in [4.69, 9.17) is 10.5 Å². The topological polar surface area (TPSA) is 52.3 Å². The average Bonchev–Trinajstić information content (AvgIpc) is 2.45. The Kier molecular flexibility index (Phi) is 4.83. The monoisotopic (exact) mass is 261 g/mol. The number of rotatable bonds is 5. The van der Waals surface area contributed by atoms with Crippen LogP contribution in [0.5, 0.6) is 5.75 Å². The van der Waals surface area contributed by atoms with Gasteiger partial charge in [-0.3, -0.25) is 4.79 Å². The van der Waals surface area contributed by atoms with Crippen LogP contribution in [0, 0.1) is 5.92 Å². The van der Waals surface area contributed by atoms with Crippen LogP contribution >= 0.6 is 0 Å². The highest BCUT2D eigenvalue weighted by Gasteiger charge is 2.28. The zero-order valence-electron chi connectivity index (χ0n) is 11.6. The zero-order valence-corrected chi connectivity index (χ0v) is 11.6. The Labute approximate surface area is 115 Å². The summed E-state index contributed by atoms with van der Waals surface area (Å²) in [5, 5.41) is 0. The van der Waals surface area contributed by atoms with Gasteiger partial charge in [-0.15, -0.1) is 0 Å². The third-order valence-electron chi connectivity index (χ3n) is 4.18. The van der Waals surface area contributed by atoms with E-state index in [0.717, 1.165) is 11.3 Å². The van der Waals surface area contributed by atoms with Gasteiger partial charge in [0.05, 0.1) is 7.11 Å². The molecule has 1 atom stereocenters. The quantitative estimate of drug-likeness (QED) is 0.884. The van der Waals surface area contributed by atoms with Gasteiger partial charge in [0, 0.05) is 6.42 Å². The van der Waals surface area contributed by atoms with Crippen LogP contribution < -0.4 is 10.5 Å². The SMILES string of the molecule is COc1ccccc1C(CC(N)=O)C1CCCCC1. The van der Waals surface area contributed by atoms with E-state index >= 15 is 0 Å². The lowest BCUT2D eigenvalue weighted by Gasteiger charge is -2.30. The van der Waals surface area contributed by atoms with Gasteiger partial charge in [-0.25, -0.2) is 0 Å². The largest absolute Gasteiger partial charge is 0.496 e. The third kappa shape index (κ3) is 3.49. The number of methoxy groups -OCH3 is 1. The van der Waals surface area contributed by atoms with Crippen molar-refractivity contribution in [2.75, 3.05) is 7.11 Å². The van der Waals surface area contributed by atoms with Gasteiger partial charge in [-0.05, 0) is 36.3 Å². The first-order valence-corrected chi connectivity index (χ1v) is 7.13. The minimum Gasteiger partial charge on any atom is -0.496 e. The predicted molar refractivity (Wildman–Crippen MR) is 76.1 cm³/mol. The van der Waals surface area contributed by atoms with Crippen molar-refractivity contribution in [2.24, 2.45) is 11.7 Å². The molecule has 0 bridgehead atoms. The second-order valence-electron chi connectivity index (χ2n) is 5.42. The highest BCUT2D eigenvalue weighted by molar-refractivity contribution is 5.75. The van der Waals surface area contributed by atoms with Gasteiger partial charge in [0.25, 0.3) is 0 Å². The van der Waals surface area contributed by atoms with Gasteiger partial charge in [-0.2, -0.15) is 0 Å². The molecule has 3 nitrogen and oxygen atoms in total. The van der Waals surface area contributed by atoms with Crippen LogP contribution in [0.3, 0.4) is 0 Å². The average molecular weight is 261 g/mol. The van der Waals surface area contributed by atoms with E-state index in [-0.39, 0.29) is 11.8 Å². The molecule has 1 unspecified atom stereocenters. The normalized spacial score (nSPS) is 17.9. The second kappa shape index (κ2) is 6.60. The van der Waals surface area contributed by atoms with Crippen molar-refractivity contribution < 1.29 is 9.53 Å². The summed E-state index contributed by atoms with van der Waals surface area (Å²) in [7, 11) is 1.68. The molecule has 2 rings (SSSR count). The van der Waals surface area contributed by atoms with Gasteiger partial charge in [0.15, 0.2) is 0 Å². The van der Waals surface area contributed by atoms with E-state index < -0.39 is 0 Å². The molecule has 1 aliphatic rings. The fourth-order valence-electron chi connectivity index (χ4n) is 3.26. The molecule has 104 valence electrons. The summed E-state index contributed by atoms with van der Waals surface area (Å²) in [6, 6.07) is 8.01. The summed E-state index contributed by atoms with van der Waals surface area (Å²) >= 11 is 0. The molecular formula is C16H23NO2. The molecule has 3 heteroatoms. The van der Waals surface area contributed by atoms with Crippen LogP contribution in [0.2, 0.25) is 0 Å². The van der Waals surface area contributed by atoms with E-state index in [1.54, 1.807) is 7.11 Å². The fourth-order valence-corrected chi connectivity index (χ4v) is 3.26. The Morgan fingerprint density at radius 2 is 2.00 bits per heavy atom. The number of hydrogen-bond donors (Lipinski definition) is 1. The molecule has 19 heavy (non-hydrogen) atoms. The molecule has 2 N–H and O–H groups in total. The molecule has 1 aliphatic carbocycles. The highest BCUT2D eigenvalue weighted by Crippen LogP contribution is 2.41. The maximum atomic E-state index is 11.4. The standard InChI is InChI=1S/C16H23NO2/c1-19-15-10-6-5-9-13(15)14(11-16(17)18)12-7-3-2-4-8-12/h5-6,9-10,12,14H,2-4,7-8,11H2,1H3,(H2,17,18). The molecule has 1 aromatic rings. The molecule has 1 fully saturated rings. The van der Waals surface area contributed by atoms with Crippen LogP contribution in [-0.4, -0.2) is 13.0 Å². The van der Waals surface area contributed by atoms with Crippen molar-refractivity contribution in [1.29, 1.82) is 0 Å². The van der Waals surface area contributed by atoms with Gasteiger partial charge < -0.3 is 10.5 Å². The van der Waals surface area contributed by atoms with Crippen LogP contribution in [0.4, 0.5) is 0 Å². The molecule has 1 amide bonds. The first kappa shape index (κ1) is 13.9. The van der Waals surface area contributed by atoms with Crippen molar-refractivity contribution in [3.8, 4) is 5.75 Å². The molecular weight excluding hydrogens is 238 g/mol. The van der Waals surface area contributed by atoms with Gasteiger partial charge in [0.2, 0.25) is 5.91 Å². The molecule has 1 aromatic carbocycles. The lowest BCUT2D eigenvalue weighted by atomic mass is 9.75. The first-order chi connectivity index (χ1) is 9.22. The molecule has 0 heterocycles. The van der Waals surface area contributed by atoms with E-state index in [2.05, 4.69) is 6.07 Å². The highest BCUT2D eigenvalue weighted by atomic mass is 16.5. The Morgan fingerprint density at radius 1 is 1.32 bits per heavy atom. The van der Waals surface area contributed by atoms with Gasteiger partial charge in [-0.1, -0.05) is 37.5 Å². The summed E-state index contributed by atoms with van der Waals surface area (Å²) < 4.78 is 5.45. The van der Waals surface area contributed by atoms with Crippen molar-refractivity contribution >= 4 is 5.91 Å². The number of para-hydroxylation sites is 1. The summed E-state index contributed by atoms with van der Waals surface area (Å²) in [5.74, 6) is 1.41. The smallest absolute Gasteiger partial charge is 0.218 e. The van der Waals surface area contributed by atoms with E-state index in [1.165, 1.54) is 32.1 Å². The number of carbonyl (C=O) groups is 1. The third-order valence-corrected chi connectivity index (χ3v) is 4.18. The predicted octanol–water partition coefficient (Wildman–Crippen LogP) is 3.23. The van der Waals surface area contributed by atoms with E-state index in [9.17, 15) is 4.79 Å².